The van der Waals surface area contributed by atoms with Crippen molar-refractivity contribution >= 4 is 28.8 Å². The van der Waals surface area contributed by atoms with E-state index in [4.69, 9.17) is 20.8 Å². The van der Waals surface area contributed by atoms with Crippen molar-refractivity contribution in [1.82, 2.24) is 15.1 Å². The number of thiophene rings is 1. The van der Waals surface area contributed by atoms with Gasteiger partial charge in [0.2, 0.25) is 11.8 Å². The van der Waals surface area contributed by atoms with Gasteiger partial charge in [0.1, 0.15) is 0 Å². The zero-order valence-electron chi connectivity index (χ0n) is 13.8. The number of hydrogen-bond acceptors (Lipinski definition) is 6. The lowest BCUT2D eigenvalue weighted by atomic mass is 10.0. The first kappa shape index (κ1) is 17.0. The molecule has 2 saturated heterocycles. The molecule has 0 spiro atoms. The summed E-state index contributed by atoms with van der Waals surface area (Å²) in [4.78, 5) is 15.1. The van der Waals surface area contributed by atoms with Gasteiger partial charge in [-0.2, -0.15) is 0 Å². The number of nitrogens with zero attached hydrogens (tertiary/aromatic N) is 3. The smallest absolute Gasteiger partial charge is 0.263 e. The largest absolute Gasteiger partial charge is 0.425 e. The second kappa shape index (κ2) is 7.43. The number of ether oxygens (including phenoxy) is 1. The highest BCUT2D eigenvalue weighted by atomic mass is 35.5. The summed E-state index contributed by atoms with van der Waals surface area (Å²) < 4.78 is 11.9. The van der Waals surface area contributed by atoms with Crippen LogP contribution in [-0.4, -0.2) is 47.3 Å². The fraction of sp³-hybridized carbons (Fsp3) is 0.588. The van der Waals surface area contributed by atoms with E-state index < -0.39 is 0 Å². The van der Waals surface area contributed by atoms with Gasteiger partial charge >= 0.3 is 0 Å². The normalized spacial score (nSPS) is 21.8. The minimum atomic E-state index is 0.0628. The Balaban J connectivity index is 1.33. The van der Waals surface area contributed by atoms with Crippen LogP contribution in [0, 0.1) is 5.92 Å². The molecule has 25 heavy (non-hydrogen) atoms. The number of rotatable bonds is 4. The topological polar surface area (TPSA) is 68.5 Å². The van der Waals surface area contributed by atoms with Gasteiger partial charge in [-0.3, -0.25) is 4.79 Å². The molecule has 0 unspecified atom stereocenters. The van der Waals surface area contributed by atoms with Gasteiger partial charge in [0.05, 0.1) is 9.21 Å². The Kier molecular flexibility index (Phi) is 5.05. The van der Waals surface area contributed by atoms with Gasteiger partial charge in [0, 0.05) is 38.6 Å². The predicted octanol–water partition coefficient (Wildman–Crippen LogP) is 3.38. The minimum absolute atomic E-state index is 0.0628. The molecule has 2 fully saturated rings. The second-order valence-electron chi connectivity index (χ2n) is 6.63. The van der Waals surface area contributed by atoms with Crippen molar-refractivity contribution in [2.45, 2.75) is 31.6 Å². The van der Waals surface area contributed by atoms with E-state index in [-0.39, 0.29) is 5.91 Å². The first-order valence-electron chi connectivity index (χ1n) is 8.63. The molecule has 0 aromatic carbocycles. The van der Waals surface area contributed by atoms with Gasteiger partial charge in [-0.1, -0.05) is 11.6 Å². The van der Waals surface area contributed by atoms with Gasteiger partial charge in [0.15, 0.2) is 0 Å². The lowest BCUT2D eigenvalue weighted by Gasteiger charge is -2.18. The maximum Gasteiger partial charge on any atom is 0.263 e. The van der Waals surface area contributed by atoms with E-state index in [1.165, 1.54) is 11.3 Å². The van der Waals surface area contributed by atoms with Crippen molar-refractivity contribution in [2.24, 2.45) is 5.92 Å². The van der Waals surface area contributed by atoms with Gasteiger partial charge in [0.25, 0.3) is 5.91 Å². The van der Waals surface area contributed by atoms with Crippen LogP contribution in [0.3, 0.4) is 0 Å². The molecule has 0 aliphatic carbocycles. The van der Waals surface area contributed by atoms with Crippen LogP contribution in [0.15, 0.2) is 16.5 Å². The molecule has 0 radical (unpaired) electrons. The Hall–Kier alpha value is -1.44. The van der Waals surface area contributed by atoms with E-state index in [2.05, 4.69) is 10.2 Å². The Bertz CT molecular complexity index is 741. The first-order valence-corrected chi connectivity index (χ1v) is 9.83. The van der Waals surface area contributed by atoms with Crippen LogP contribution < -0.4 is 0 Å². The number of carbonyl (C=O) groups excluding carboxylic acids is 1. The molecule has 2 aromatic rings. The molecule has 134 valence electrons. The number of halogens is 1. The Labute approximate surface area is 155 Å². The summed E-state index contributed by atoms with van der Waals surface area (Å²) in [5.74, 6) is 2.16. The van der Waals surface area contributed by atoms with E-state index in [9.17, 15) is 4.79 Å². The standard InChI is InChI=1S/C17H20ClN3O3S/c18-14-2-1-13(25-14)17(22)21-6-3-11(10-21)9-15-19-20-16(24-15)12-4-7-23-8-5-12/h1-2,11-12H,3-10H2/t11-/m1/s1. The van der Waals surface area contributed by atoms with Crippen LogP contribution in [0.25, 0.3) is 0 Å². The van der Waals surface area contributed by atoms with E-state index in [0.717, 1.165) is 57.9 Å². The average Bonchev–Trinajstić information content (AvgIpc) is 3.37. The maximum atomic E-state index is 12.5. The van der Waals surface area contributed by atoms with Crippen molar-refractivity contribution < 1.29 is 13.9 Å². The third-order valence-electron chi connectivity index (χ3n) is 4.87. The van der Waals surface area contributed by atoms with Crippen molar-refractivity contribution in [3.63, 3.8) is 0 Å². The molecular weight excluding hydrogens is 362 g/mol. The molecule has 1 atom stereocenters. The molecule has 2 aliphatic rings. The molecule has 2 aromatic heterocycles. The summed E-state index contributed by atoms with van der Waals surface area (Å²) in [5, 5.41) is 8.43. The number of amides is 1. The molecule has 0 saturated carbocycles. The molecule has 1 amide bonds. The molecule has 2 aliphatic heterocycles. The van der Waals surface area contributed by atoms with Crippen molar-refractivity contribution in [3.8, 4) is 0 Å². The van der Waals surface area contributed by atoms with Crippen LogP contribution in [-0.2, 0) is 11.2 Å². The van der Waals surface area contributed by atoms with Crippen molar-refractivity contribution in [1.29, 1.82) is 0 Å². The fourth-order valence-electron chi connectivity index (χ4n) is 3.47. The lowest BCUT2D eigenvalue weighted by Crippen LogP contribution is -2.28. The number of aromatic nitrogens is 2. The second-order valence-corrected chi connectivity index (χ2v) is 8.35. The zero-order valence-corrected chi connectivity index (χ0v) is 15.4. The Morgan fingerprint density at radius 1 is 1.28 bits per heavy atom. The highest BCUT2D eigenvalue weighted by Crippen LogP contribution is 2.29. The number of likely N-dealkylation sites (tertiary alicyclic amines) is 1. The first-order chi connectivity index (χ1) is 12.2. The zero-order chi connectivity index (χ0) is 17.2. The van der Waals surface area contributed by atoms with Crippen LogP contribution in [0.2, 0.25) is 4.34 Å². The van der Waals surface area contributed by atoms with Crippen LogP contribution in [0.4, 0.5) is 0 Å². The van der Waals surface area contributed by atoms with Crippen LogP contribution in [0.1, 0.15) is 46.6 Å². The number of carbonyl (C=O) groups is 1. The highest BCUT2D eigenvalue weighted by Gasteiger charge is 2.29. The van der Waals surface area contributed by atoms with Crippen molar-refractivity contribution in [3.05, 3.63) is 33.1 Å². The van der Waals surface area contributed by atoms with E-state index in [1.54, 1.807) is 12.1 Å². The predicted molar refractivity (Wildman–Crippen MR) is 94.1 cm³/mol. The molecule has 0 N–H and O–H groups in total. The summed E-state index contributed by atoms with van der Waals surface area (Å²) in [6, 6.07) is 3.56. The van der Waals surface area contributed by atoms with Gasteiger partial charge in [-0.05, 0) is 37.3 Å². The Morgan fingerprint density at radius 2 is 2.12 bits per heavy atom. The molecule has 0 bridgehead atoms. The molecule has 6 nitrogen and oxygen atoms in total. The lowest BCUT2D eigenvalue weighted by molar-refractivity contribution is 0.0788. The summed E-state index contributed by atoms with van der Waals surface area (Å²) in [6.07, 6.45) is 3.57. The third-order valence-corrected chi connectivity index (χ3v) is 6.09. The molecule has 4 rings (SSSR count). The average molecular weight is 382 g/mol. The highest BCUT2D eigenvalue weighted by molar-refractivity contribution is 7.17. The van der Waals surface area contributed by atoms with Gasteiger partial charge < -0.3 is 14.1 Å². The fourth-order valence-corrected chi connectivity index (χ4v) is 4.49. The minimum Gasteiger partial charge on any atom is -0.425 e. The van der Waals surface area contributed by atoms with Crippen LogP contribution in [0.5, 0.6) is 0 Å². The quantitative estimate of drug-likeness (QED) is 0.812. The van der Waals surface area contributed by atoms with Crippen molar-refractivity contribution in [2.75, 3.05) is 26.3 Å². The molecule has 8 heteroatoms. The van der Waals surface area contributed by atoms with E-state index in [1.807, 2.05) is 4.90 Å². The number of hydrogen-bond donors (Lipinski definition) is 0. The van der Waals surface area contributed by atoms with Crippen LogP contribution >= 0.6 is 22.9 Å². The summed E-state index contributed by atoms with van der Waals surface area (Å²) in [7, 11) is 0. The summed E-state index contributed by atoms with van der Waals surface area (Å²) >= 11 is 7.26. The van der Waals surface area contributed by atoms with E-state index >= 15 is 0 Å². The van der Waals surface area contributed by atoms with E-state index in [0.29, 0.717) is 26.9 Å². The Morgan fingerprint density at radius 3 is 2.88 bits per heavy atom. The van der Waals surface area contributed by atoms with Gasteiger partial charge in [-0.15, -0.1) is 21.5 Å². The SMILES string of the molecule is O=C(c1ccc(Cl)s1)N1CC[C@H](Cc2nnc(C3CCOCC3)o2)C1. The molecular formula is C17H20ClN3O3S. The molecule has 4 heterocycles. The monoisotopic (exact) mass is 381 g/mol. The third kappa shape index (κ3) is 3.88. The summed E-state index contributed by atoms with van der Waals surface area (Å²) in [6.45, 7) is 3.01. The maximum absolute atomic E-state index is 12.5. The summed E-state index contributed by atoms with van der Waals surface area (Å²) in [5.41, 5.74) is 0. The van der Waals surface area contributed by atoms with Gasteiger partial charge in [-0.25, -0.2) is 0 Å².